The lowest BCUT2D eigenvalue weighted by Crippen LogP contribution is -2.40. The summed E-state index contributed by atoms with van der Waals surface area (Å²) < 4.78 is 0. The summed E-state index contributed by atoms with van der Waals surface area (Å²) in [6.07, 6.45) is 6.74. The standard InChI is InChI=1S/C11H19NO2/c1-4-5-6-7-11(14)12-10(8-13)9(2)3/h4-7,9-10,13H,8H2,1-3H3,(H,12,14). The summed E-state index contributed by atoms with van der Waals surface area (Å²) >= 11 is 0. The van der Waals surface area contributed by atoms with E-state index in [9.17, 15) is 4.79 Å². The summed E-state index contributed by atoms with van der Waals surface area (Å²) in [4.78, 5) is 11.2. The van der Waals surface area contributed by atoms with Gasteiger partial charge in [0.25, 0.3) is 0 Å². The Bertz CT molecular complexity index is 219. The molecule has 3 heteroatoms. The molecule has 1 unspecified atom stereocenters. The van der Waals surface area contributed by atoms with Crippen LogP contribution in [0.1, 0.15) is 20.8 Å². The van der Waals surface area contributed by atoms with Crippen LogP contribution in [0.4, 0.5) is 0 Å². The van der Waals surface area contributed by atoms with Gasteiger partial charge in [0.05, 0.1) is 12.6 Å². The number of hydrogen-bond donors (Lipinski definition) is 2. The fourth-order valence-electron chi connectivity index (χ4n) is 0.908. The van der Waals surface area contributed by atoms with Gasteiger partial charge >= 0.3 is 0 Å². The van der Waals surface area contributed by atoms with Gasteiger partial charge in [-0.1, -0.05) is 32.1 Å². The summed E-state index contributed by atoms with van der Waals surface area (Å²) in [5.41, 5.74) is 0. The molecule has 1 amide bonds. The van der Waals surface area contributed by atoms with Crippen molar-refractivity contribution in [3.05, 3.63) is 24.3 Å². The first-order chi connectivity index (χ1) is 6.61. The summed E-state index contributed by atoms with van der Waals surface area (Å²) in [7, 11) is 0. The quantitative estimate of drug-likeness (QED) is 0.515. The van der Waals surface area contributed by atoms with E-state index < -0.39 is 0 Å². The molecule has 0 aliphatic rings. The Balaban J connectivity index is 4.03. The van der Waals surface area contributed by atoms with Crippen LogP contribution in [0, 0.1) is 5.92 Å². The Morgan fingerprint density at radius 2 is 2.07 bits per heavy atom. The average Bonchev–Trinajstić information content (AvgIpc) is 2.14. The summed E-state index contributed by atoms with van der Waals surface area (Å²) in [6.45, 7) is 5.77. The number of carbonyl (C=O) groups excluding carboxylic acids is 1. The molecule has 1 atom stereocenters. The third-order valence-corrected chi connectivity index (χ3v) is 1.88. The fourth-order valence-corrected chi connectivity index (χ4v) is 0.908. The van der Waals surface area contributed by atoms with E-state index in [-0.39, 0.29) is 24.5 Å². The van der Waals surface area contributed by atoms with Gasteiger partial charge in [-0.3, -0.25) is 4.79 Å². The largest absolute Gasteiger partial charge is 0.394 e. The third-order valence-electron chi connectivity index (χ3n) is 1.88. The molecule has 0 aromatic heterocycles. The highest BCUT2D eigenvalue weighted by molar-refractivity contribution is 5.87. The van der Waals surface area contributed by atoms with Crippen LogP contribution < -0.4 is 5.32 Å². The first kappa shape index (κ1) is 12.9. The highest BCUT2D eigenvalue weighted by Crippen LogP contribution is 1.99. The van der Waals surface area contributed by atoms with Gasteiger partial charge in [0, 0.05) is 6.08 Å². The summed E-state index contributed by atoms with van der Waals surface area (Å²) in [5, 5.41) is 11.7. The van der Waals surface area contributed by atoms with Gasteiger partial charge in [0.2, 0.25) is 5.91 Å². The highest BCUT2D eigenvalue weighted by atomic mass is 16.3. The lowest BCUT2D eigenvalue weighted by atomic mass is 10.1. The molecular weight excluding hydrogens is 178 g/mol. The molecule has 3 nitrogen and oxygen atoms in total. The van der Waals surface area contributed by atoms with E-state index in [4.69, 9.17) is 5.11 Å². The molecule has 0 saturated heterocycles. The van der Waals surface area contributed by atoms with Crippen LogP contribution in [0.2, 0.25) is 0 Å². The number of aliphatic hydroxyl groups is 1. The van der Waals surface area contributed by atoms with Crippen LogP contribution >= 0.6 is 0 Å². The van der Waals surface area contributed by atoms with Crippen molar-refractivity contribution >= 4 is 5.91 Å². The van der Waals surface area contributed by atoms with E-state index >= 15 is 0 Å². The number of nitrogens with one attached hydrogen (secondary N) is 1. The Morgan fingerprint density at radius 3 is 2.50 bits per heavy atom. The Kier molecular flexibility index (Phi) is 6.76. The maximum absolute atomic E-state index is 11.2. The Hall–Kier alpha value is -1.09. The zero-order valence-electron chi connectivity index (χ0n) is 9.03. The van der Waals surface area contributed by atoms with Gasteiger partial charge in [-0.25, -0.2) is 0 Å². The minimum Gasteiger partial charge on any atom is -0.394 e. The molecule has 80 valence electrons. The molecule has 0 aliphatic carbocycles. The normalized spacial score (nSPS) is 14.1. The molecule has 0 aliphatic heterocycles. The maximum Gasteiger partial charge on any atom is 0.244 e. The summed E-state index contributed by atoms with van der Waals surface area (Å²) in [5.74, 6) is 0.0647. The van der Waals surface area contributed by atoms with Gasteiger partial charge in [-0.15, -0.1) is 0 Å². The second-order valence-corrected chi connectivity index (χ2v) is 3.43. The van der Waals surface area contributed by atoms with Crippen molar-refractivity contribution in [2.45, 2.75) is 26.8 Å². The monoisotopic (exact) mass is 197 g/mol. The molecule has 0 bridgehead atoms. The fraction of sp³-hybridized carbons (Fsp3) is 0.545. The minimum absolute atomic E-state index is 0.0269. The zero-order valence-corrected chi connectivity index (χ0v) is 9.03. The molecular formula is C11H19NO2. The van der Waals surface area contributed by atoms with E-state index in [0.717, 1.165) is 0 Å². The van der Waals surface area contributed by atoms with Gasteiger partial charge in [0.15, 0.2) is 0 Å². The number of allylic oxidation sites excluding steroid dienone is 3. The first-order valence-electron chi connectivity index (χ1n) is 4.82. The third kappa shape index (κ3) is 5.54. The number of carbonyl (C=O) groups is 1. The predicted molar refractivity (Wildman–Crippen MR) is 57.8 cm³/mol. The summed E-state index contributed by atoms with van der Waals surface area (Å²) in [6, 6.07) is -0.169. The predicted octanol–water partition coefficient (Wildman–Crippen LogP) is 1.25. The highest BCUT2D eigenvalue weighted by Gasteiger charge is 2.12. The molecule has 0 heterocycles. The average molecular weight is 197 g/mol. The maximum atomic E-state index is 11.2. The first-order valence-corrected chi connectivity index (χ1v) is 4.82. The van der Waals surface area contributed by atoms with Gasteiger partial charge in [-0.2, -0.15) is 0 Å². The number of rotatable bonds is 5. The van der Waals surface area contributed by atoms with Crippen molar-refractivity contribution in [1.82, 2.24) is 5.32 Å². The topological polar surface area (TPSA) is 49.3 Å². The Labute approximate surface area is 85.5 Å². The lowest BCUT2D eigenvalue weighted by Gasteiger charge is -2.18. The van der Waals surface area contributed by atoms with Crippen LogP contribution in [0.5, 0.6) is 0 Å². The van der Waals surface area contributed by atoms with Crippen LogP contribution in [0.25, 0.3) is 0 Å². The van der Waals surface area contributed by atoms with Crippen molar-refractivity contribution in [2.75, 3.05) is 6.61 Å². The zero-order chi connectivity index (χ0) is 11.0. The molecule has 0 saturated carbocycles. The number of aliphatic hydroxyl groups excluding tert-OH is 1. The molecule has 0 spiro atoms. The smallest absolute Gasteiger partial charge is 0.244 e. The Morgan fingerprint density at radius 1 is 1.43 bits per heavy atom. The molecule has 2 N–H and O–H groups in total. The van der Waals surface area contributed by atoms with Crippen molar-refractivity contribution in [3.63, 3.8) is 0 Å². The molecule has 0 aromatic rings. The second kappa shape index (κ2) is 7.33. The van der Waals surface area contributed by atoms with E-state index in [1.807, 2.05) is 26.8 Å². The van der Waals surface area contributed by atoms with E-state index in [2.05, 4.69) is 5.32 Å². The number of hydrogen-bond acceptors (Lipinski definition) is 2. The molecule has 0 rings (SSSR count). The molecule has 0 aromatic carbocycles. The van der Waals surface area contributed by atoms with Crippen LogP contribution in [-0.2, 0) is 4.79 Å². The number of amides is 1. The molecule has 0 fully saturated rings. The van der Waals surface area contributed by atoms with Gasteiger partial charge in [0.1, 0.15) is 0 Å². The van der Waals surface area contributed by atoms with Crippen LogP contribution in [0.3, 0.4) is 0 Å². The SMILES string of the molecule is CC=CC=CC(=O)NC(CO)C(C)C. The lowest BCUT2D eigenvalue weighted by molar-refractivity contribution is -0.117. The van der Waals surface area contributed by atoms with Crippen molar-refractivity contribution in [3.8, 4) is 0 Å². The second-order valence-electron chi connectivity index (χ2n) is 3.43. The van der Waals surface area contributed by atoms with E-state index in [1.54, 1.807) is 12.2 Å². The van der Waals surface area contributed by atoms with Gasteiger partial charge < -0.3 is 10.4 Å². The van der Waals surface area contributed by atoms with Crippen LogP contribution in [-0.4, -0.2) is 23.7 Å². The molecule has 0 radical (unpaired) electrons. The van der Waals surface area contributed by atoms with E-state index in [1.165, 1.54) is 6.08 Å². The van der Waals surface area contributed by atoms with Crippen molar-refractivity contribution < 1.29 is 9.90 Å². The van der Waals surface area contributed by atoms with Crippen molar-refractivity contribution in [1.29, 1.82) is 0 Å². The van der Waals surface area contributed by atoms with Crippen molar-refractivity contribution in [2.24, 2.45) is 5.92 Å². The van der Waals surface area contributed by atoms with Gasteiger partial charge in [-0.05, 0) is 12.8 Å². The van der Waals surface area contributed by atoms with Crippen LogP contribution in [0.15, 0.2) is 24.3 Å². The minimum atomic E-state index is -0.171. The molecule has 14 heavy (non-hydrogen) atoms. The van der Waals surface area contributed by atoms with E-state index in [0.29, 0.717) is 0 Å².